The molecule has 0 spiro atoms. The Balaban J connectivity index is 1.96. The summed E-state index contributed by atoms with van der Waals surface area (Å²) in [6, 6.07) is 13.4. The predicted molar refractivity (Wildman–Crippen MR) is 115 cm³/mol. The molecule has 0 bridgehead atoms. The Bertz CT molecular complexity index is 1050. The summed E-state index contributed by atoms with van der Waals surface area (Å²) in [7, 11) is 1.30. The Morgan fingerprint density at radius 2 is 1.68 bits per heavy atom. The molecule has 2 aromatic carbocycles. The third kappa shape index (κ3) is 4.47. The van der Waals surface area contributed by atoms with Crippen LogP contribution >= 0.6 is 34.5 Å². The summed E-state index contributed by atoms with van der Waals surface area (Å²) in [4.78, 5) is 25.8. The van der Waals surface area contributed by atoms with E-state index in [0.29, 0.717) is 26.3 Å². The Labute approximate surface area is 176 Å². The van der Waals surface area contributed by atoms with Crippen molar-refractivity contribution in [1.82, 2.24) is 0 Å². The number of benzene rings is 2. The van der Waals surface area contributed by atoms with Crippen molar-refractivity contribution in [2.75, 3.05) is 17.7 Å². The van der Waals surface area contributed by atoms with Crippen molar-refractivity contribution in [1.29, 1.82) is 0 Å². The summed E-state index contributed by atoms with van der Waals surface area (Å²) in [5.41, 5.74) is 2.27. The number of halogens is 2. The van der Waals surface area contributed by atoms with Gasteiger partial charge in [0.1, 0.15) is 10.6 Å². The zero-order chi connectivity index (χ0) is 20.3. The maximum Gasteiger partial charge on any atom is 0.341 e. The number of anilines is 2. The summed E-state index contributed by atoms with van der Waals surface area (Å²) < 4.78 is 4.94. The third-order valence-corrected chi connectivity index (χ3v) is 5.39. The highest BCUT2D eigenvalue weighted by molar-refractivity contribution is 7.17. The molecule has 3 rings (SSSR count). The third-order valence-electron chi connectivity index (χ3n) is 3.90. The number of aryl methyl sites for hydroxylation is 1. The summed E-state index contributed by atoms with van der Waals surface area (Å²) >= 11 is 13.3. The van der Waals surface area contributed by atoms with Gasteiger partial charge in [-0.3, -0.25) is 5.32 Å². The standard InChI is InChI=1S/C20H16Cl2N2O3S/c1-11-16(12-5-3-6-13(21)9-12)17(19(25)27-2)18(28-11)24-20(26)23-15-8-4-7-14(22)10-15/h3-10H,1-2H3,(H2,23,24,26). The molecule has 0 aliphatic carbocycles. The zero-order valence-corrected chi connectivity index (χ0v) is 17.3. The van der Waals surface area contributed by atoms with Crippen LogP contribution in [-0.4, -0.2) is 19.1 Å². The maximum absolute atomic E-state index is 12.5. The number of hydrogen-bond acceptors (Lipinski definition) is 4. The van der Waals surface area contributed by atoms with Crippen LogP contribution in [0.25, 0.3) is 11.1 Å². The number of amides is 2. The van der Waals surface area contributed by atoms with E-state index in [2.05, 4.69) is 10.6 Å². The lowest BCUT2D eigenvalue weighted by atomic mass is 10.0. The number of rotatable bonds is 4. The molecule has 28 heavy (non-hydrogen) atoms. The van der Waals surface area contributed by atoms with Crippen molar-refractivity contribution in [3.05, 3.63) is 69.0 Å². The highest BCUT2D eigenvalue weighted by Gasteiger charge is 2.25. The van der Waals surface area contributed by atoms with Gasteiger partial charge in [-0.1, -0.05) is 41.4 Å². The van der Waals surface area contributed by atoms with Gasteiger partial charge in [0.2, 0.25) is 0 Å². The molecule has 3 aromatic rings. The molecule has 0 unspecified atom stereocenters. The van der Waals surface area contributed by atoms with Gasteiger partial charge < -0.3 is 10.1 Å². The molecule has 1 heterocycles. The fraction of sp³-hybridized carbons (Fsp3) is 0.100. The number of ether oxygens (including phenoxy) is 1. The second-order valence-corrected chi connectivity index (χ2v) is 7.93. The van der Waals surface area contributed by atoms with Crippen molar-refractivity contribution >= 4 is 57.2 Å². The summed E-state index contributed by atoms with van der Waals surface area (Å²) in [5.74, 6) is -0.544. The molecule has 0 aliphatic heterocycles. The maximum atomic E-state index is 12.5. The number of nitrogens with one attached hydrogen (secondary N) is 2. The minimum absolute atomic E-state index is 0.286. The van der Waals surface area contributed by atoms with Crippen LogP contribution in [0.15, 0.2) is 48.5 Å². The van der Waals surface area contributed by atoms with E-state index < -0.39 is 12.0 Å². The van der Waals surface area contributed by atoms with Gasteiger partial charge in [-0.25, -0.2) is 9.59 Å². The Hall–Kier alpha value is -2.54. The fourth-order valence-electron chi connectivity index (χ4n) is 2.75. The van der Waals surface area contributed by atoms with Crippen molar-refractivity contribution in [2.24, 2.45) is 0 Å². The predicted octanol–water partition coefficient (Wildman–Crippen LogP) is 6.46. The first kappa shape index (κ1) is 20.2. The molecular weight excluding hydrogens is 419 g/mol. The van der Waals surface area contributed by atoms with Gasteiger partial charge in [-0.05, 0) is 42.8 Å². The minimum atomic E-state index is -0.544. The van der Waals surface area contributed by atoms with Gasteiger partial charge in [-0.2, -0.15) is 0 Å². The van der Waals surface area contributed by atoms with Crippen molar-refractivity contribution in [3.8, 4) is 11.1 Å². The van der Waals surface area contributed by atoms with E-state index in [1.807, 2.05) is 13.0 Å². The van der Waals surface area contributed by atoms with Crippen LogP contribution in [0.5, 0.6) is 0 Å². The molecule has 2 amide bonds. The van der Waals surface area contributed by atoms with Gasteiger partial charge in [-0.15, -0.1) is 11.3 Å². The SMILES string of the molecule is COC(=O)c1c(NC(=O)Nc2cccc(Cl)c2)sc(C)c1-c1cccc(Cl)c1. The van der Waals surface area contributed by atoms with E-state index in [9.17, 15) is 9.59 Å². The van der Waals surface area contributed by atoms with E-state index in [4.69, 9.17) is 27.9 Å². The van der Waals surface area contributed by atoms with E-state index in [1.165, 1.54) is 18.4 Å². The topological polar surface area (TPSA) is 67.4 Å². The molecule has 5 nitrogen and oxygen atoms in total. The first-order chi connectivity index (χ1) is 13.4. The van der Waals surface area contributed by atoms with Crippen LogP contribution in [0.2, 0.25) is 10.0 Å². The molecule has 0 aliphatic rings. The van der Waals surface area contributed by atoms with Crippen LogP contribution in [-0.2, 0) is 4.74 Å². The second kappa shape index (κ2) is 8.65. The molecular formula is C20H16Cl2N2O3S. The second-order valence-electron chi connectivity index (χ2n) is 5.83. The molecule has 0 saturated heterocycles. The average molecular weight is 435 g/mol. The number of hydrogen-bond donors (Lipinski definition) is 2. The number of carbonyl (C=O) groups excluding carboxylic acids is 2. The molecule has 144 valence electrons. The fourth-order valence-corrected chi connectivity index (χ4v) is 4.19. The van der Waals surface area contributed by atoms with Crippen LogP contribution in [0.3, 0.4) is 0 Å². The molecule has 8 heteroatoms. The van der Waals surface area contributed by atoms with E-state index >= 15 is 0 Å². The molecule has 0 saturated carbocycles. The lowest BCUT2D eigenvalue weighted by Gasteiger charge is -2.09. The Kier molecular flexibility index (Phi) is 6.24. The summed E-state index contributed by atoms with van der Waals surface area (Å²) in [6.07, 6.45) is 0. The molecule has 0 radical (unpaired) electrons. The average Bonchev–Trinajstić information content (AvgIpc) is 2.96. The monoisotopic (exact) mass is 434 g/mol. The van der Waals surface area contributed by atoms with Gasteiger partial charge >= 0.3 is 12.0 Å². The first-order valence-corrected chi connectivity index (χ1v) is 9.77. The summed E-state index contributed by atoms with van der Waals surface area (Å²) in [6.45, 7) is 1.87. The van der Waals surface area contributed by atoms with Gasteiger partial charge in [0.15, 0.2) is 0 Å². The first-order valence-electron chi connectivity index (χ1n) is 8.20. The van der Waals surface area contributed by atoms with Gasteiger partial charge in [0, 0.05) is 26.2 Å². The quantitative estimate of drug-likeness (QED) is 0.462. The highest BCUT2D eigenvalue weighted by atomic mass is 35.5. The van der Waals surface area contributed by atoms with E-state index in [1.54, 1.807) is 42.5 Å². The van der Waals surface area contributed by atoms with Crippen molar-refractivity contribution in [2.45, 2.75) is 6.92 Å². The number of thiophene rings is 1. The Morgan fingerprint density at radius 1 is 1.00 bits per heavy atom. The van der Waals surface area contributed by atoms with Crippen molar-refractivity contribution in [3.63, 3.8) is 0 Å². The van der Waals surface area contributed by atoms with E-state index in [0.717, 1.165) is 10.4 Å². The molecule has 2 N–H and O–H groups in total. The largest absolute Gasteiger partial charge is 0.465 e. The molecule has 0 fully saturated rings. The van der Waals surface area contributed by atoms with Crippen LogP contribution in [0.4, 0.5) is 15.5 Å². The number of carbonyl (C=O) groups is 2. The van der Waals surface area contributed by atoms with Crippen LogP contribution in [0.1, 0.15) is 15.2 Å². The Morgan fingerprint density at radius 3 is 2.32 bits per heavy atom. The minimum Gasteiger partial charge on any atom is -0.465 e. The number of esters is 1. The molecule has 0 atom stereocenters. The normalized spacial score (nSPS) is 10.4. The number of methoxy groups -OCH3 is 1. The molecule has 1 aromatic heterocycles. The highest BCUT2D eigenvalue weighted by Crippen LogP contribution is 2.41. The van der Waals surface area contributed by atoms with Crippen molar-refractivity contribution < 1.29 is 14.3 Å². The summed E-state index contributed by atoms with van der Waals surface area (Å²) in [5, 5.41) is 6.86. The van der Waals surface area contributed by atoms with Crippen LogP contribution < -0.4 is 10.6 Å². The number of urea groups is 1. The van der Waals surface area contributed by atoms with Crippen LogP contribution in [0, 0.1) is 6.92 Å². The van der Waals surface area contributed by atoms with Gasteiger partial charge in [0.05, 0.1) is 7.11 Å². The van der Waals surface area contributed by atoms with E-state index in [-0.39, 0.29) is 5.56 Å². The van der Waals surface area contributed by atoms with Gasteiger partial charge in [0.25, 0.3) is 0 Å². The lowest BCUT2D eigenvalue weighted by molar-refractivity contribution is 0.0603. The lowest BCUT2D eigenvalue weighted by Crippen LogP contribution is -2.20. The smallest absolute Gasteiger partial charge is 0.341 e. The zero-order valence-electron chi connectivity index (χ0n) is 15.0.